The molecule has 0 aromatic heterocycles. The van der Waals surface area contributed by atoms with Gasteiger partial charge in [-0.2, -0.15) is 0 Å². The fourth-order valence-electron chi connectivity index (χ4n) is 2.13. The van der Waals surface area contributed by atoms with Crippen LogP contribution in [0, 0.1) is 5.82 Å². The van der Waals surface area contributed by atoms with E-state index >= 15 is 0 Å². The molecule has 0 aliphatic carbocycles. The summed E-state index contributed by atoms with van der Waals surface area (Å²) in [7, 11) is 0. The highest BCUT2D eigenvalue weighted by Crippen LogP contribution is 2.25. The zero-order chi connectivity index (χ0) is 14.0. The van der Waals surface area contributed by atoms with E-state index in [0.717, 1.165) is 10.0 Å². The third kappa shape index (κ3) is 3.99. The lowest BCUT2D eigenvalue weighted by Crippen LogP contribution is -2.32. The maximum Gasteiger partial charge on any atom is 0.163 e. The van der Waals surface area contributed by atoms with Crippen LogP contribution in [-0.4, -0.2) is 25.0 Å². The highest BCUT2D eigenvalue weighted by molar-refractivity contribution is 9.10. The van der Waals surface area contributed by atoms with E-state index in [1.807, 2.05) is 20.8 Å². The first-order valence-electron chi connectivity index (χ1n) is 6.37. The summed E-state index contributed by atoms with van der Waals surface area (Å²) in [5, 5.41) is 3.38. The SMILES string of the molecule is CC(NCC1COC(C)(C)O1)c1ccc(F)cc1Br. The average molecular weight is 332 g/mol. The second kappa shape index (κ2) is 5.87. The van der Waals surface area contributed by atoms with Crippen molar-refractivity contribution in [2.45, 2.75) is 38.7 Å². The summed E-state index contributed by atoms with van der Waals surface area (Å²) in [4.78, 5) is 0. The third-order valence-electron chi connectivity index (χ3n) is 3.15. The van der Waals surface area contributed by atoms with Crippen molar-refractivity contribution < 1.29 is 13.9 Å². The fourth-order valence-corrected chi connectivity index (χ4v) is 2.83. The topological polar surface area (TPSA) is 30.5 Å². The van der Waals surface area contributed by atoms with Crippen LogP contribution in [0.15, 0.2) is 22.7 Å². The van der Waals surface area contributed by atoms with Gasteiger partial charge in [0.25, 0.3) is 0 Å². The predicted octanol–water partition coefficient (Wildman–Crippen LogP) is 3.39. The molecule has 19 heavy (non-hydrogen) atoms. The zero-order valence-electron chi connectivity index (χ0n) is 11.4. The van der Waals surface area contributed by atoms with Gasteiger partial charge in [0.05, 0.1) is 12.7 Å². The lowest BCUT2D eigenvalue weighted by atomic mass is 10.1. The van der Waals surface area contributed by atoms with Gasteiger partial charge >= 0.3 is 0 Å². The molecule has 106 valence electrons. The monoisotopic (exact) mass is 331 g/mol. The molecule has 1 aliphatic rings. The van der Waals surface area contributed by atoms with Gasteiger partial charge in [-0.15, -0.1) is 0 Å². The van der Waals surface area contributed by atoms with Gasteiger partial charge in [-0.25, -0.2) is 4.39 Å². The van der Waals surface area contributed by atoms with Crippen LogP contribution in [0.25, 0.3) is 0 Å². The number of benzene rings is 1. The van der Waals surface area contributed by atoms with Crippen molar-refractivity contribution in [3.05, 3.63) is 34.1 Å². The van der Waals surface area contributed by atoms with Gasteiger partial charge in [0.2, 0.25) is 0 Å². The number of hydrogen-bond donors (Lipinski definition) is 1. The third-order valence-corrected chi connectivity index (χ3v) is 3.83. The van der Waals surface area contributed by atoms with E-state index in [1.165, 1.54) is 12.1 Å². The molecule has 2 rings (SSSR count). The van der Waals surface area contributed by atoms with Crippen LogP contribution in [0.4, 0.5) is 4.39 Å². The number of nitrogens with one attached hydrogen (secondary N) is 1. The van der Waals surface area contributed by atoms with E-state index in [-0.39, 0.29) is 18.0 Å². The molecule has 1 aliphatic heterocycles. The predicted molar refractivity (Wildman–Crippen MR) is 75.4 cm³/mol. The van der Waals surface area contributed by atoms with E-state index < -0.39 is 5.79 Å². The van der Waals surface area contributed by atoms with Gasteiger partial charge in [0.15, 0.2) is 5.79 Å². The standard InChI is InChI=1S/C14H19BrFNO2/c1-9(12-5-4-10(16)6-13(12)15)17-7-11-8-18-14(2,3)19-11/h4-6,9,11,17H,7-8H2,1-3H3. The van der Waals surface area contributed by atoms with Crippen molar-refractivity contribution in [1.82, 2.24) is 5.32 Å². The van der Waals surface area contributed by atoms with Gasteiger partial charge in [0.1, 0.15) is 5.82 Å². The van der Waals surface area contributed by atoms with Crippen molar-refractivity contribution in [3.63, 3.8) is 0 Å². The van der Waals surface area contributed by atoms with Crippen molar-refractivity contribution >= 4 is 15.9 Å². The second-order valence-electron chi connectivity index (χ2n) is 5.25. The second-order valence-corrected chi connectivity index (χ2v) is 6.10. The highest BCUT2D eigenvalue weighted by atomic mass is 79.9. The molecule has 0 radical (unpaired) electrons. The van der Waals surface area contributed by atoms with Crippen molar-refractivity contribution in [1.29, 1.82) is 0 Å². The number of ether oxygens (including phenoxy) is 2. The van der Waals surface area contributed by atoms with E-state index in [1.54, 1.807) is 6.07 Å². The maximum atomic E-state index is 13.0. The lowest BCUT2D eigenvalue weighted by molar-refractivity contribution is -0.137. The van der Waals surface area contributed by atoms with E-state index in [9.17, 15) is 4.39 Å². The van der Waals surface area contributed by atoms with Gasteiger partial charge < -0.3 is 14.8 Å². The number of hydrogen-bond acceptors (Lipinski definition) is 3. The Kier molecular flexibility index (Phi) is 4.61. The van der Waals surface area contributed by atoms with E-state index in [2.05, 4.69) is 21.2 Å². The molecule has 1 saturated heterocycles. The first-order valence-corrected chi connectivity index (χ1v) is 7.17. The number of rotatable bonds is 4. The minimum absolute atomic E-state index is 0.0525. The quantitative estimate of drug-likeness (QED) is 0.917. The Labute approximate surface area is 121 Å². The maximum absolute atomic E-state index is 13.0. The van der Waals surface area contributed by atoms with Gasteiger partial charge in [-0.3, -0.25) is 0 Å². The summed E-state index contributed by atoms with van der Waals surface area (Å²) in [6, 6.07) is 4.84. The van der Waals surface area contributed by atoms with Crippen LogP contribution in [-0.2, 0) is 9.47 Å². The molecule has 0 amide bonds. The first kappa shape index (κ1) is 14.9. The summed E-state index contributed by atoms with van der Waals surface area (Å²) in [5.41, 5.74) is 1.03. The molecular formula is C14H19BrFNO2. The molecule has 3 nitrogen and oxygen atoms in total. The van der Waals surface area contributed by atoms with Crippen molar-refractivity contribution in [2.24, 2.45) is 0 Å². The summed E-state index contributed by atoms with van der Waals surface area (Å²) >= 11 is 3.38. The van der Waals surface area contributed by atoms with Crippen LogP contribution < -0.4 is 5.32 Å². The first-order chi connectivity index (χ1) is 8.87. The Morgan fingerprint density at radius 2 is 2.26 bits per heavy atom. The molecule has 1 fully saturated rings. The van der Waals surface area contributed by atoms with Crippen molar-refractivity contribution in [2.75, 3.05) is 13.2 Å². The molecule has 1 heterocycles. The summed E-state index contributed by atoms with van der Waals surface area (Å²) < 4.78 is 25.1. The Morgan fingerprint density at radius 1 is 1.53 bits per heavy atom. The Hall–Kier alpha value is -0.490. The minimum atomic E-state index is -0.494. The molecule has 0 saturated carbocycles. The molecule has 1 N–H and O–H groups in total. The fraction of sp³-hybridized carbons (Fsp3) is 0.571. The molecule has 5 heteroatoms. The van der Waals surface area contributed by atoms with E-state index in [4.69, 9.17) is 9.47 Å². The zero-order valence-corrected chi connectivity index (χ0v) is 13.0. The summed E-state index contributed by atoms with van der Waals surface area (Å²) in [5.74, 6) is -0.733. The summed E-state index contributed by atoms with van der Waals surface area (Å²) in [6.07, 6.45) is 0.0525. The Bertz CT molecular complexity index is 453. The number of halogens is 2. The molecule has 2 atom stereocenters. The lowest BCUT2D eigenvalue weighted by Gasteiger charge is -2.20. The smallest absolute Gasteiger partial charge is 0.163 e. The molecule has 1 aromatic carbocycles. The van der Waals surface area contributed by atoms with E-state index in [0.29, 0.717) is 13.2 Å². The van der Waals surface area contributed by atoms with Crippen LogP contribution in [0.3, 0.4) is 0 Å². The minimum Gasteiger partial charge on any atom is -0.348 e. The molecular weight excluding hydrogens is 313 g/mol. The van der Waals surface area contributed by atoms with Gasteiger partial charge in [0, 0.05) is 17.1 Å². The molecule has 0 spiro atoms. The van der Waals surface area contributed by atoms with Crippen LogP contribution >= 0.6 is 15.9 Å². The van der Waals surface area contributed by atoms with Crippen LogP contribution in [0.5, 0.6) is 0 Å². The van der Waals surface area contributed by atoms with Gasteiger partial charge in [-0.1, -0.05) is 22.0 Å². The highest BCUT2D eigenvalue weighted by Gasteiger charge is 2.32. The molecule has 1 aromatic rings. The normalized spacial score (nSPS) is 23.5. The molecule has 0 bridgehead atoms. The summed E-state index contributed by atoms with van der Waals surface area (Å²) in [6.45, 7) is 7.16. The van der Waals surface area contributed by atoms with Crippen molar-refractivity contribution in [3.8, 4) is 0 Å². The molecule has 2 unspecified atom stereocenters. The average Bonchev–Trinajstić information content (AvgIpc) is 2.66. The van der Waals surface area contributed by atoms with Crippen LogP contribution in [0.2, 0.25) is 0 Å². The Morgan fingerprint density at radius 3 is 2.84 bits per heavy atom. The van der Waals surface area contributed by atoms with Gasteiger partial charge in [-0.05, 0) is 38.5 Å². The Balaban J connectivity index is 1.89. The largest absolute Gasteiger partial charge is 0.348 e. The van der Waals surface area contributed by atoms with Crippen LogP contribution in [0.1, 0.15) is 32.4 Å².